The molecule has 1 saturated carbocycles. The Morgan fingerprint density at radius 2 is 1.68 bits per heavy atom. The molecule has 2 aliphatic rings. The molecule has 5 rings (SSSR count). The van der Waals surface area contributed by atoms with Gasteiger partial charge in [0.05, 0.1) is 0 Å². The van der Waals surface area contributed by atoms with Crippen LogP contribution in [0.2, 0.25) is 5.15 Å². The Bertz CT molecular complexity index is 1180. The fraction of sp³-hybridized carbons (Fsp3) is 0.414. The lowest BCUT2D eigenvalue weighted by Crippen LogP contribution is -2.46. The van der Waals surface area contributed by atoms with Gasteiger partial charge in [0.2, 0.25) is 0 Å². The predicted molar refractivity (Wildman–Crippen MR) is 151 cm³/mol. The second-order valence-corrected chi connectivity index (χ2v) is 11.2. The van der Waals surface area contributed by atoms with Gasteiger partial charge in [0.1, 0.15) is 11.0 Å². The molecule has 0 bridgehead atoms. The molecule has 2 heterocycles. The molecule has 3 aromatic rings. The third kappa shape index (κ3) is 7.46. The number of nitrogens with zero attached hydrogens (tertiary/aromatic N) is 4. The van der Waals surface area contributed by atoms with Crippen LogP contribution < -0.4 is 10.2 Å². The molecule has 1 aliphatic heterocycles. The normalized spacial score (nSPS) is 17.1. The predicted octanol–water partition coefficient (Wildman–Crippen LogP) is 5.81. The number of rotatable bonds is 8. The molecule has 0 atom stereocenters. The zero-order valence-electron chi connectivity index (χ0n) is 21.1. The summed E-state index contributed by atoms with van der Waals surface area (Å²) < 4.78 is 0. The number of carbonyl (C=O) groups is 1. The molecule has 0 spiro atoms. The minimum atomic E-state index is 0.0199. The van der Waals surface area contributed by atoms with Crippen molar-refractivity contribution in [3.05, 3.63) is 82.5 Å². The fourth-order valence-corrected chi connectivity index (χ4v) is 6.08. The first-order valence-corrected chi connectivity index (χ1v) is 14.6. The number of piperazine rings is 1. The maximum absolute atomic E-state index is 12.8. The monoisotopic (exact) mass is 535 g/mol. The molecule has 2 aromatic carbocycles. The van der Waals surface area contributed by atoms with Crippen molar-refractivity contribution in [3.8, 4) is 0 Å². The van der Waals surface area contributed by atoms with E-state index in [2.05, 4.69) is 50.4 Å². The molecule has 2 fully saturated rings. The smallest absolute Gasteiger partial charge is 0.251 e. The van der Waals surface area contributed by atoms with Gasteiger partial charge >= 0.3 is 0 Å². The van der Waals surface area contributed by atoms with E-state index in [4.69, 9.17) is 16.6 Å². The highest BCUT2D eigenvalue weighted by atomic mass is 35.5. The first-order valence-electron chi connectivity index (χ1n) is 13.2. The van der Waals surface area contributed by atoms with E-state index in [-0.39, 0.29) is 5.91 Å². The Balaban J connectivity index is 1.16. The number of thioether (sulfide) groups is 1. The maximum atomic E-state index is 12.8. The Hall–Kier alpha value is -2.61. The summed E-state index contributed by atoms with van der Waals surface area (Å²) in [6.07, 6.45) is 5.84. The van der Waals surface area contributed by atoms with Crippen molar-refractivity contribution < 1.29 is 4.79 Å². The maximum Gasteiger partial charge on any atom is 0.251 e. The molecule has 194 valence electrons. The van der Waals surface area contributed by atoms with Gasteiger partial charge in [0.25, 0.3) is 5.91 Å². The van der Waals surface area contributed by atoms with Crippen molar-refractivity contribution in [2.75, 3.05) is 31.1 Å². The van der Waals surface area contributed by atoms with E-state index in [0.717, 1.165) is 56.9 Å². The molecule has 8 heteroatoms. The van der Waals surface area contributed by atoms with E-state index in [0.29, 0.717) is 27.7 Å². The molecular formula is C29H34ClN5OS. The fourth-order valence-electron chi connectivity index (χ4n) is 5.05. The van der Waals surface area contributed by atoms with Gasteiger partial charge in [-0.05, 0) is 36.1 Å². The van der Waals surface area contributed by atoms with Crippen LogP contribution in [0.3, 0.4) is 0 Å². The number of amides is 1. The molecule has 1 saturated heterocycles. The quantitative estimate of drug-likeness (QED) is 0.223. The molecule has 1 aromatic heterocycles. The first-order chi connectivity index (χ1) is 18.1. The Labute approximate surface area is 228 Å². The lowest BCUT2D eigenvalue weighted by Gasteiger charge is -2.35. The van der Waals surface area contributed by atoms with Crippen LogP contribution in [0.4, 0.5) is 5.82 Å². The number of hydrogen-bond acceptors (Lipinski definition) is 6. The van der Waals surface area contributed by atoms with Gasteiger partial charge in [-0.3, -0.25) is 9.69 Å². The molecule has 1 aliphatic carbocycles. The van der Waals surface area contributed by atoms with Gasteiger partial charge < -0.3 is 10.2 Å². The summed E-state index contributed by atoms with van der Waals surface area (Å²) in [5.41, 5.74) is 3.13. The van der Waals surface area contributed by atoms with Crippen LogP contribution in [0.5, 0.6) is 0 Å². The number of halogens is 1. The highest BCUT2D eigenvalue weighted by Gasteiger charge is 2.20. The van der Waals surface area contributed by atoms with E-state index < -0.39 is 0 Å². The van der Waals surface area contributed by atoms with Crippen molar-refractivity contribution in [2.45, 2.75) is 55.6 Å². The first kappa shape index (κ1) is 26.0. The zero-order valence-corrected chi connectivity index (χ0v) is 22.7. The third-order valence-electron chi connectivity index (χ3n) is 7.10. The summed E-state index contributed by atoms with van der Waals surface area (Å²) in [4.78, 5) is 26.8. The van der Waals surface area contributed by atoms with Crippen molar-refractivity contribution in [1.29, 1.82) is 0 Å². The number of aromatic nitrogens is 2. The van der Waals surface area contributed by atoms with Gasteiger partial charge in [0, 0.05) is 56.1 Å². The van der Waals surface area contributed by atoms with E-state index in [1.807, 2.05) is 30.3 Å². The van der Waals surface area contributed by atoms with Crippen LogP contribution in [-0.4, -0.2) is 53.0 Å². The molecule has 0 unspecified atom stereocenters. The SMILES string of the molecule is O=C(NC1CCCCC1)c1cccc(CSc2nc(Cl)cc(N3CCN(Cc4ccccc4)CC3)n2)c1. The molecule has 1 amide bonds. The van der Waals surface area contributed by atoms with E-state index >= 15 is 0 Å². The zero-order chi connectivity index (χ0) is 25.5. The third-order valence-corrected chi connectivity index (χ3v) is 8.22. The lowest BCUT2D eigenvalue weighted by atomic mass is 9.95. The number of hydrogen-bond donors (Lipinski definition) is 1. The van der Waals surface area contributed by atoms with Crippen LogP contribution in [-0.2, 0) is 12.3 Å². The Kier molecular flexibility index (Phi) is 8.97. The largest absolute Gasteiger partial charge is 0.354 e. The average molecular weight is 536 g/mol. The van der Waals surface area contributed by atoms with Gasteiger partial charge in [-0.25, -0.2) is 9.97 Å². The van der Waals surface area contributed by atoms with Crippen LogP contribution in [0, 0.1) is 0 Å². The van der Waals surface area contributed by atoms with E-state index in [1.54, 1.807) is 11.8 Å². The van der Waals surface area contributed by atoms with Gasteiger partial charge in [-0.2, -0.15) is 0 Å². The molecule has 37 heavy (non-hydrogen) atoms. The number of carbonyl (C=O) groups excluding carboxylic acids is 1. The van der Waals surface area contributed by atoms with Crippen LogP contribution in [0.1, 0.15) is 53.6 Å². The summed E-state index contributed by atoms with van der Waals surface area (Å²) in [6, 6.07) is 20.6. The summed E-state index contributed by atoms with van der Waals surface area (Å²) in [6.45, 7) is 4.74. The van der Waals surface area contributed by atoms with Gasteiger partial charge in [0.15, 0.2) is 5.16 Å². The highest BCUT2D eigenvalue weighted by Crippen LogP contribution is 2.26. The van der Waals surface area contributed by atoms with Gasteiger partial charge in [-0.15, -0.1) is 0 Å². The van der Waals surface area contributed by atoms with E-state index in [1.165, 1.54) is 24.8 Å². The second kappa shape index (κ2) is 12.8. The highest BCUT2D eigenvalue weighted by molar-refractivity contribution is 7.98. The average Bonchev–Trinajstić information content (AvgIpc) is 2.93. The summed E-state index contributed by atoms with van der Waals surface area (Å²) in [5.74, 6) is 1.57. The molecule has 1 N–H and O–H groups in total. The summed E-state index contributed by atoms with van der Waals surface area (Å²) >= 11 is 7.94. The van der Waals surface area contributed by atoms with Crippen LogP contribution in [0.25, 0.3) is 0 Å². The van der Waals surface area contributed by atoms with Crippen molar-refractivity contribution in [1.82, 2.24) is 20.2 Å². The Morgan fingerprint density at radius 1 is 0.919 bits per heavy atom. The van der Waals surface area contributed by atoms with Crippen molar-refractivity contribution >= 4 is 35.1 Å². The lowest BCUT2D eigenvalue weighted by molar-refractivity contribution is 0.0927. The van der Waals surface area contributed by atoms with Crippen molar-refractivity contribution in [2.24, 2.45) is 0 Å². The Morgan fingerprint density at radius 3 is 2.46 bits per heavy atom. The minimum Gasteiger partial charge on any atom is -0.354 e. The molecule has 6 nitrogen and oxygen atoms in total. The second-order valence-electron chi connectivity index (χ2n) is 9.88. The standard InChI is InChI=1S/C29H34ClN5OS/c30-26-19-27(35-16-14-34(15-17-35)20-22-8-3-1-4-9-22)33-29(32-26)37-21-23-10-7-11-24(18-23)28(36)31-25-12-5-2-6-13-25/h1,3-4,7-11,18-19,25H,2,5-6,12-17,20-21H2,(H,31,36). The van der Waals surface area contributed by atoms with E-state index in [9.17, 15) is 4.79 Å². The molecule has 0 radical (unpaired) electrons. The molecular weight excluding hydrogens is 502 g/mol. The van der Waals surface area contributed by atoms with Gasteiger partial charge in [-0.1, -0.05) is 85.1 Å². The summed E-state index contributed by atoms with van der Waals surface area (Å²) in [7, 11) is 0. The van der Waals surface area contributed by atoms with Crippen LogP contribution in [0.15, 0.2) is 65.8 Å². The minimum absolute atomic E-state index is 0.0199. The topological polar surface area (TPSA) is 61.4 Å². The number of anilines is 1. The number of benzene rings is 2. The van der Waals surface area contributed by atoms with Crippen molar-refractivity contribution in [3.63, 3.8) is 0 Å². The number of nitrogens with one attached hydrogen (secondary N) is 1. The van der Waals surface area contributed by atoms with Crippen LogP contribution >= 0.6 is 23.4 Å². The summed E-state index contributed by atoms with van der Waals surface area (Å²) in [5, 5.41) is 4.32.